The fraction of sp³-hybridized carbons (Fsp3) is 0.500. The van der Waals surface area contributed by atoms with Gasteiger partial charge in [0.1, 0.15) is 21.9 Å². The maximum atomic E-state index is 11.2. The van der Waals surface area contributed by atoms with Gasteiger partial charge in [-0.3, -0.25) is 0 Å². The Kier molecular flexibility index (Phi) is 3.33. The third-order valence-corrected chi connectivity index (χ3v) is 5.13. The normalized spacial score (nSPS) is 16.3. The lowest BCUT2D eigenvalue weighted by molar-refractivity contribution is 0.0701. The molecule has 0 aliphatic heterocycles. The fourth-order valence-electron chi connectivity index (χ4n) is 2.50. The number of aromatic nitrogens is 2. The van der Waals surface area contributed by atoms with Crippen molar-refractivity contribution in [3.63, 3.8) is 0 Å². The first-order valence-electron chi connectivity index (χ1n) is 6.79. The maximum absolute atomic E-state index is 11.2. The van der Waals surface area contributed by atoms with Crippen molar-refractivity contribution < 1.29 is 9.90 Å². The van der Waals surface area contributed by atoms with Gasteiger partial charge in [-0.25, -0.2) is 14.8 Å². The van der Waals surface area contributed by atoms with Gasteiger partial charge in [0.2, 0.25) is 0 Å². The number of carboxylic acid groups (broad SMARTS) is 1. The van der Waals surface area contributed by atoms with E-state index in [-0.39, 0.29) is 0 Å². The highest BCUT2D eigenvalue weighted by molar-refractivity contribution is 7.20. The Morgan fingerprint density at radius 2 is 2.30 bits per heavy atom. The number of rotatable bonds is 5. The summed E-state index contributed by atoms with van der Waals surface area (Å²) in [6.45, 7) is 4.93. The molecule has 1 atom stereocenters. The molecule has 1 unspecified atom stereocenters. The molecule has 106 valence electrons. The molecule has 1 fully saturated rings. The minimum atomic E-state index is -0.900. The Labute approximate surface area is 121 Å². The van der Waals surface area contributed by atoms with Gasteiger partial charge in [-0.1, -0.05) is 6.92 Å². The number of thiophene rings is 1. The van der Waals surface area contributed by atoms with Crippen molar-refractivity contribution in [2.24, 2.45) is 11.8 Å². The van der Waals surface area contributed by atoms with Gasteiger partial charge in [0.05, 0.1) is 5.39 Å². The molecule has 1 aliphatic rings. The Morgan fingerprint density at radius 3 is 2.95 bits per heavy atom. The number of aromatic carboxylic acids is 1. The minimum absolute atomic E-state index is 0.346. The van der Waals surface area contributed by atoms with E-state index < -0.39 is 5.97 Å². The predicted octanol–water partition coefficient (Wildman–Crippen LogP) is 3.16. The van der Waals surface area contributed by atoms with E-state index in [1.165, 1.54) is 30.5 Å². The average molecular weight is 291 g/mol. The predicted molar refractivity (Wildman–Crippen MR) is 79.5 cm³/mol. The van der Waals surface area contributed by atoms with Crippen LogP contribution in [0.15, 0.2) is 6.33 Å². The summed E-state index contributed by atoms with van der Waals surface area (Å²) in [6.07, 6.45) is 4.14. The summed E-state index contributed by atoms with van der Waals surface area (Å²) in [6, 6.07) is 0. The molecule has 3 rings (SSSR count). The van der Waals surface area contributed by atoms with Crippen LogP contribution in [0, 0.1) is 18.8 Å². The molecule has 1 saturated carbocycles. The summed E-state index contributed by atoms with van der Waals surface area (Å²) in [7, 11) is 0. The van der Waals surface area contributed by atoms with Crippen molar-refractivity contribution in [3.8, 4) is 0 Å². The summed E-state index contributed by atoms with van der Waals surface area (Å²) >= 11 is 1.21. The van der Waals surface area contributed by atoms with Gasteiger partial charge in [0.25, 0.3) is 0 Å². The molecule has 2 N–H and O–H groups in total. The molecule has 1 aliphatic carbocycles. The Balaban J connectivity index is 1.91. The number of carboxylic acids is 1. The van der Waals surface area contributed by atoms with Crippen LogP contribution in [-0.2, 0) is 0 Å². The van der Waals surface area contributed by atoms with E-state index in [0.29, 0.717) is 10.8 Å². The second kappa shape index (κ2) is 5.01. The first-order chi connectivity index (χ1) is 9.58. The number of nitrogens with one attached hydrogen (secondary N) is 1. The van der Waals surface area contributed by atoms with E-state index in [0.717, 1.165) is 34.1 Å². The quantitative estimate of drug-likeness (QED) is 0.885. The number of hydrogen-bond donors (Lipinski definition) is 2. The molecule has 2 aromatic heterocycles. The van der Waals surface area contributed by atoms with Crippen molar-refractivity contribution >= 4 is 33.3 Å². The smallest absolute Gasteiger partial charge is 0.346 e. The summed E-state index contributed by atoms with van der Waals surface area (Å²) < 4.78 is 0. The highest BCUT2D eigenvalue weighted by atomic mass is 32.1. The lowest BCUT2D eigenvalue weighted by Crippen LogP contribution is -2.14. The van der Waals surface area contributed by atoms with Gasteiger partial charge in [-0.15, -0.1) is 11.3 Å². The van der Waals surface area contributed by atoms with E-state index in [4.69, 9.17) is 0 Å². The second-order valence-corrected chi connectivity index (χ2v) is 6.46. The monoisotopic (exact) mass is 291 g/mol. The van der Waals surface area contributed by atoms with E-state index in [2.05, 4.69) is 22.2 Å². The zero-order valence-electron chi connectivity index (χ0n) is 11.5. The van der Waals surface area contributed by atoms with Gasteiger partial charge in [-0.05, 0) is 37.2 Å². The molecule has 0 amide bonds. The molecule has 6 heteroatoms. The van der Waals surface area contributed by atoms with Crippen molar-refractivity contribution in [2.75, 3.05) is 11.9 Å². The molecule has 0 spiro atoms. The van der Waals surface area contributed by atoms with Gasteiger partial charge in [0, 0.05) is 6.54 Å². The van der Waals surface area contributed by atoms with Crippen LogP contribution in [0.5, 0.6) is 0 Å². The minimum Gasteiger partial charge on any atom is -0.477 e. The van der Waals surface area contributed by atoms with Crippen LogP contribution in [0.1, 0.15) is 35.0 Å². The fourth-order valence-corrected chi connectivity index (χ4v) is 3.49. The summed E-state index contributed by atoms with van der Waals surface area (Å²) in [4.78, 5) is 20.8. The zero-order chi connectivity index (χ0) is 14.3. The number of fused-ring (bicyclic) bond motifs is 1. The Hall–Kier alpha value is -1.69. The van der Waals surface area contributed by atoms with Gasteiger partial charge in [0.15, 0.2) is 0 Å². The van der Waals surface area contributed by atoms with Crippen LogP contribution < -0.4 is 5.32 Å². The standard InChI is InChI=1S/C14H17N3O2S/c1-7(9-3-4-9)5-15-12-10-8(2)11(14(18)19)20-13(10)17-6-16-12/h6-7,9H,3-5H2,1-2H3,(H,18,19)(H,15,16,17). The first kappa shape index (κ1) is 13.3. The summed E-state index contributed by atoms with van der Waals surface area (Å²) in [5.41, 5.74) is 0.750. The van der Waals surface area contributed by atoms with Gasteiger partial charge < -0.3 is 10.4 Å². The lowest BCUT2D eigenvalue weighted by atomic mass is 10.1. The first-order valence-corrected chi connectivity index (χ1v) is 7.61. The third kappa shape index (κ3) is 2.35. The molecule has 0 aromatic carbocycles. The van der Waals surface area contributed by atoms with E-state index in [1.54, 1.807) is 0 Å². The number of anilines is 1. The van der Waals surface area contributed by atoms with Crippen LogP contribution in [-0.4, -0.2) is 27.6 Å². The average Bonchev–Trinajstić information content (AvgIpc) is 3.21. The summed E-state index contributed by atoms with van der Waals surface area (Å²) in [5.74, 6) is 1.31. The van der Waals surface area contributed by atoms with Crippen molar-refractivity contribution in [1.29, 1.82) is 0 Å². The van der Waals surface area contributed by atoms with Crippen LogP contribution >= 0.6 is 11.3 Å². The molecule has 5 nitrogen and oxygen atoms in total. The van der Waals surface area contributed by atoms with Gasteiger partial charge in [-0.2, -0.15) is 0 Å². The maximum Gasteiger partial charge on any atom is 0.346 e. The van der Waals surface area contributed by atoms with E-state index >= 15 is 0 Å². The number of nitrogens with zero attached hydrogens (tertiary/aromatic N) is 2. The molecule has 20 heavy (non-hydrogen) atoms. The van der Waals surface area contributed by atoms with Crippen LogP contribution in [0.4, 0.5) is 5.82 Å². The van der Waals surface area contributed by atoms with Crippen LogP contribution in [0.25, 0.3) is 10.2 Å². The molecule has 2 heterocycles. The Morgan fingerprint density at radius 1 is 1.55 bits per heavy atom. The zero-order valence-corrected chi connectivity index (χ0v) is 12.3. The molecular weight excluding hydrogens is 274 g/mol. The molecule has 0 saturated heterocycles. The molecule has 0 radical (unpaired) electrons. The second-order valence-electron chi connectivity index (χ2n) is 5.46. The van der Waals surface area contributed by atoms with Crippen LogP contribution in [0.2, 0.25) is 0 Å². The van der Waals surface area contributed by atoms with Crippen molar-refractivity contribution in [1.82, 2.24) is 9.97 Å². The van der Waals surface area contributed by atoms with E-state index in [1.807, 2.05) is 6.92 Å². The SMILES string of the molecule is Cc1c(C(=O)O)sc2ncnc(NCC(C)C3CC3)c12. The number of aryl methyl sites for hydroxylation is 1. The highest BCUT2D eigenvalue weighted by Gasteiger charge is 2.28. The largest absolute Gasteiger partial charge is 0.477 e. The van der Waals surface area contributed by atoms with Crippen molar-refractivity contribution in [3.05, 3.63) is 16.8 Å². The molecule has 0 bridgehead atoms. The number of hydrogen-bond acceptors (Lipinski definition) is 5. The lowest BCUT2D eigenvalue weighted by Gasteiger charge is -2.12. The highest BCUT2D eigenvalue weighted by Crippen LogP contribution is 2.37. The topological polar surface area (TPSA) is 75.1 Å². The molecular formula is C14H17N3O2S. The van der Waals surface area contributed by atoms with Crippen molar-refractivity contribution in [2.45, 2.75) is 26.7 Å². The Bertz CT molecular complexity index is 664. The molecule has 2 aromatic rings. The van der Waals surface area contributed by atoms with Crippen LogP contribution in [0.3, 0.4) is 0 Å². The number of carbonyl (C=O) groups is 1. The van der Waals surface area contributed by atoms with E-state index in [9.17, 15) is 9.90 Å². The third-order valence-electron chi connectivity index (χ3n) is 3.94. The van der Waals surface area contributed by atoms with Gasteiger partial charge >= 0.3 is 5.97 Å². The summed E-state index contributed by atoms with van der Waals surface area (Å²) in [5, 5.41) is 13.4.